The topological polar surface area (TPSA) is 118 Å². The lowest BCUT2D eigenvalue weighted by Gasteiger charge is -2.45. The smallest absolute Gasteiger partial charge is 0.310 e. The van der Waals surface area contributed by atoms with E-state index in [4.69, 9.17) is 16.3 Å². The minimum atomic E-state index is -1.12. The zero-order valence-corrected chi connectivity index (χ0v) is 22.6. The first kappa shape index (κ1) is 26.5. The Kier molecular flexibility index (Phi) is 7.35. The summed E-state index contributed by atoms with van der Waals surface area (Å²) < 4.78 is 7.82. The van der Waals surface area contributed by atoms with Crippen molar-refractivity contribution < 1.29 is 24.2 Å². The molecule has 2 amide bonds. The van der Waals surface area contributed by atoms with Crippen molar-refractivity contribution >= 4 is 29.4 Å². The number of aliphatic carboxylic acids is 1. The molecule has 2 fully saturated rings. The number of halogens is 1. The first-order valence-corrected chi connectivity index (χ1v) is 13.7. The number of carboxylic acid groups (broad SMARTS) is 1. The average Bonchev–Trinajstić information content (AvgIpc) is 3.50. The van der Waals surface area contributed by atoms with Gasteiger partial charge in [-0.15, -0.1) is 5.10 Å². The number of nitrogens with zero attached hydrogens (tertiary/aromatic N) is 5. The Hall–Kier alpha value is -3.14. The number of aromatic nitrogens is 3. The van der Waals surface area contributed by atoms with Crippen molar-refractivity contribution in [2.24, 2.45) is 18.4 Å². The van der Waals surface area contributed by atoms with Gasteiger partial charge in [0.25, 0.3) is 0 Å². The lowest BCUT2D eigenvalue weighted by molar-refractivity contribution is -0.162. The highest BCUT2D eigenvalue weighted by Gasteiger charge is 2.50. The largest absolute Gasteiger partial charge is 0.487 e. The fourth-order valence-electron chi connectivity index (χ4n) is 6.26. The van der Waals surface area contributed by atoms with E-state index in [2.05, 4.69) is 10.3 Å². The summed E-state index contributed by atoms with van der Waals surface area (Å²) in [6.45, 7) is 3.22. The zero-order valence-electron chi connectivity index (χ0n) is 21.9. The van der Waals surface area contributed by atoms with Gasteiger partial charge < -0.3 is 19.6 Å². The molecule has 0 radical (unpaired) electrons. The maximum absolute atomic E-state index is 14.2. The molecule has 5 rings (SSSR count). The molecule has 2 aromatic rings. The molecule has 1 aromatic carbocycles. The molecule has 1 aromatic heterocycles. The molecule has 3 atom stereocenters. The molecular weight excluding hydrogens is 510 g/mol. The van der Waals surface area contributed by atoms with Gasteiger partial charge in [0, 0.05) is 43.7 Å². The van der Waals surface area contributed by atoms with Crippen molar-refractivity contribution in [2.75, 3.05) is 19.6 Å². The van der Waals surface area contributed by atoms with Crippen LogP contribution in [-0.2, 0) is 34.5 Å². The fourth-order valence-corrected chi connectivity index (χ4v) is 6.52. The Labute approximate surface area is 226 Å². The quantitative estimate of drug-likeness (QED) is 0.568. The van der Waals surface area contributed by atoms with Gasteiger partial charge in [-0.1, -0.05) is 29.7 Å². The van der Waals surface area contributed by atoms with Crippen LogP contribution >= 0.6 is 11.6 Å². The van der Waals surface area contributed by atoms with Crippen LogP contribution in [0, 0.1) is 11.3 Å². The van der Waals surface area contributed by atoms with E-state index in [0.29, 0.717) is 61.8 Å². The molecule has 0 bridgehead atoms. The van der Waals surface area contributed by atoms with Crippen molar-refractivity contribution in [2.45, 2.75) is 64.5 Å². The van der Waals surface area contributed by atoms with Crippen molar-refractivity contribution in [1.29, 1.82) is 0 Å². The van der Waals surface area contributed by atoms with Crippen LogP contribution in [0.15, 0.2) is 18.3 Å². The highest BCUT2D eigenvalue weighted by Crippen LogP contribution is 2.46. The van der Waals surface area contributed by atoms with Crippen LogP contribution in [0.2, 0.25) is 5.02 Å². The number of carbonyl (C=O) groups is 3. The van der Waals surface area contributed by atoms with Gasteiger partial charge in [0.1, 0.15) is 18.1 Å². The molecule has 1 N–H and O–H groups in total. The number of fused-ring (bicyclic) bond motifs is 1. The SMILES string of the molecule is Cn1cc(COc2ccc(Cl)c3c2[C@@H](CN2CCCC2=O)N(C(=O)C2CCCC[C@@]2(C)C(=O)O)CC3)nn1. The van der Waals surface area contributed by atoms with E-state index < -0.39 is 23.3 Å². The number of amides is 2. The van der Waals surface area contributed by atoms with Crippen molar-refractivity contribution in [3.63, 3.8) is 0 Å². The Bertz CT molecular complexity index is 1250. The Morgan fingerprint density at radius 2 is 2.03 bits per heavy atom. The minimum absolute atomic E-state index is 0.0571. The van der Waals surface area contributed by atoms with Gasteiger partial charge in [-0.05, 0) is 50.3 Å². The number of hydrogen-bond donors (Lipinski definition) is 1. The van der Waals surface area contributed by atoms with Gasteiger partial charge in [-0.3, -0.25) is 19.1 Å². The Balaban J connectivity index is 1.53. The Morgan fingerprint density at radius 3 is 2.71 bits per heavy atom. The van der Waals surface area contributed by atoms with Gasteiger partial charge in [-0.25, -0.2) is 0 Å². The standard InChI is InChI=1S/C27H34ClN5O5/c1-27(26(36)37)11-4-3-6-19(27)25(35)33-13-10-18-20(28)8-9-22(38-16-17-14-31(2)30-29-17)24(18)21(33)15-32-12-5-7-23(32)34/h8-9,14,19,21H,3-7,10-13,15-16H2,1-2H3,(H,36,37)/t19?,21-,27-/m1/s1. The van der Waals surface area contributed by atoms with Crippen LogP contribution in [-0.4, -0.2) is 67.3 Å². The molecule has 3 aliphatic rings. The molecule has 1 aliphatic carbocycles. The summed E-state index contributed by atoms with van der Waals surface area (Å²) in [7, 11) is 1.78. The summed E-state index contributed by atoms with van der Waals surface area (Å²) in [6.07, 6.45) is 6.16. The van der Waals surface area contributed by atoms with Crippen molar-refractivity contribution in [3.05, 3.63) is 40.2 Å². The second-order valence-corrected chi connectivity index (χ2v) is 11.3. The monoisotopic (exact) mass is 543 g/mol. The minimum Gasteiger partial charge on any atom is -0.487 e. The molecule has 10 nitrogen and oxygen atoms in total. The molecule has 3 heterocycles. The van der Waals surface area contributed by atoms with Gasteiger partial charge in [-0.2, -0.15) is 0 Å². The van der Waals surface area contributed by atoms with Gasteiger partial charge >= 0.3 is 5.97 Å². The third kappa shape index (κ3) is 4.86. The van der Waals surface area contributed by atoms with E-state index in [-0.39, 0.29) is 18.4 Å². The van der Waals surface area contributed by atoms with Crippen LogP contribution in [0.1, 0.15) is 68.3 Å². The molecule has 1 saturated heterocycles. The maximum atomic E-state index is 14.2. The van der Waals surface area contributed by atoms with E-state index in [1.807, 2.05) is 0 Å². The van der Waals surface area contributed by atoms with Crippen LogP contribution in [0.4, 0.5) is 0 Å². The third-order valence-electron chi connectivity index (χ3n) is 8.44. The zero-order chi connectivity index (χ0) is 27.0. The predicted molar refractivity (Wildman–Crippen MR) is 138 cm³/mol. The summed E-state index contributed by atoms with van der Waals surface area (Å²) in [4.78, 5) is 42.8. The first-order valence-electron chi connectivity index (χ1n) is 13.3. The van der Waals surface area contributed by atoms with Crippen LogP contribution in [0.3, 0.4) is 0 Å². The maximum Gasteiger partial charge on any atom is 0.310 e. The second-order valence-electron chi connectivity index (χ2n) is 10.9. The molecule has 11 heteroatoms. The number of carboxylic acids is 1. The van der Waals surface area contributed by atoms with Crippen LogP contribution in [0.25, 0.3) is 0 Å². The number of carbonyl (C=O) groups excluding carboxylic acids is 2. The van der Waals surface area contributed by atoms with E-state index >= 15 is 0 Å². The fraction of sp³-hybridized carbons (Fsp3) is 0.593. The lowest BCUT2D eigenvalue weighted by Crippen LogP contribution is -2.52. The number of hydrogen-bond acceptors (Lipinski definition) is 6. The summed E-state index contributed by atoms with van der Waals surface area (Å²) in [5.74, 6) is -1.10. The molecular formula is C27H34ClN5O5. The average molecular weight is 544 g/mol. The number of aryl methyl sites for hydroxylation is 1. The molecule has 1 saturated carbocycles. The van der Waals surface area contributed by atoms with E-state index in [1.54, 1.807) is 46.8 Å². The van der Waals surface area contributed by atoms with Crippen molar-refractivity contribution in [3.8, 4) is 5.75 Å². The molecule has 2 aliphatic heterocycles. The molecule has 1 unspecified atom stereocenters. The number of benzene rings is 1. The lowest BCUT2D eigenvalue weighted by atomic mass is 9.66. The van der Waals surface area contributed by atoms with Crippen LogP contribution < -0.4 is 4.74 Å². The highest BCUT2D eigenvalue weighted by molar-refractivity contribution is 6.31. The van der Waals surface area contributed by atoms with Gasteiger partial charge in [0.15, 0.2) is 0 Å². The molecule has 38 heavy (non-hydrogen) atoms. The summed E-state index contributed by atoms with van der Waals surface area (Å²) >= 11 is 6.67. The molecule has 0 spiro atoms. The summed E-state index contributed by atoms with van der Waals surface area (Å²) in [5.41, 5.74) is 1.22. The number of rotatable bonds is 7. The van der Waals surface area contributed by atoms with E-state index in [1.165, 1.54) is 0 Å². The Morgan fingerprint density at radius 1 is 1.21 bits per heavy atom. The second kappa shape index (κ2) is 10.6. The number of likely N-dealkylation sites (tertiary alicyclic amines) is 1. The van der Waals surface area contributed by atoms with Gasteiger partial charge in [0.05, 0.1) is 23.6 Å². The van der Waals surface area contributed by atoms with Crippen LogP contribution in [0.5, 0.6) is 5.75 Å². The highest BCUT2D eigenvalue weighted by atomic mass is 35.5. The number of ether oxygens (including phenoxy) is 1. The summed E-state index contributed by atoms with van der Waals surface area (Å²) in [5, 5.41) is 18.7. The van der Waals surface area contributed by atoms with Crippen molar-refractivity contribution in [1.82, 2.24) is 24.8 Å². The predicted octanol–water partition coefficient (Wildman–Crippen LogP) is 3.38. The summed E-state index contributed by atoms with van der Waals surface area (Å²) in [6, 6.07) is 3.10. The molecule has 204 valence electrons. The first-order chi connectivity index (χ1) is 18.2. The third-order valence-corrected chi connectivity index (χ3v) is 8.79. The van der Waals surface area contributed by atoms with Gasteiger partial charge in [0.2, 0.25) is 11.8 Å². The van der Waals surface area contributed by atoms with E-state index in [9.17, 15) is 19.5 Å². The van der Waals surface area contributed by atoms with E-state index in [0.717, 1.165) is 30.4 Å². The normalized spacial score (nSPS) is 25.4.